The van der Waals surface area contributed by atoms with Gasteiger partial charge in [0.25, 0.3) is 0 Å². The van der Waals surface area contributed by atoms with E-state index in [2.05, 4.69) is 27.8 Å². The van der Waals surface area contributed by atoms with Gasteiger partial charge in [-0.15, -0.1) is 0 Å². The molecule has 0 radical (unpaired) electrons. The molecule has 2 saturated heterocycles. The summed E-state index contributed by atoms with van der Waals surface area (Å²) >= 11 is 3.44. The summed E-state index contributed by atoms with van der Waals surface area (Å²) in [5.74, 6) is 0.266. The van der Waals surface area contributed by atoms with Crippen molar-refractivity contribution >= 4 is 33.8 Å². The van der Waals surface area contributed by atoms with Crippen LogP contribution in [0.4, 0.5) is 0 Å². The van der Waals surface area contributed by atoms with Gasteiger partial charge >= 0.3 is 0 Å². The summed E-state index contributed by atoms with van der Waals surface area (Å²) in [6, 6.07) is 8.23. The van der Waals surface area contributed by atoms with Crippen LogP contribution >= 0.6 is 15.9 Å². The number of piperazine rings is 1. The van der Waals surface area contributed by atoms with E-state index in [1.807, 2.05) is 40.1 Å². The molecule has 5 nitrogen and oxygen atoms in total. The van der Waals surface area contributed by atoms with Crippen molar-refractivity contribution in [2.45, 2.75) is 32.2 Å². The molecule has 27 heavy (non-hydrogen) atoms. The maximum Gasteiger partial charge on any atom is 0.246 e. The monoisotopic (exact) mass is 433 g/mol. The van der Waals surface area contributed by atoms with E-state index in [9.17, 15) is 9.59 Å². The molecule has 0 aromatic heterocycles. The number of likely N-dealkylation sites (tertiary alicyclic amines) is 1. The molecule has 0 N–H and O–H groups in total. The first-order valence-corrected chi connectivity index (χ1v) is 10.6. The molecule has 3 rings (SSSR count). The molecule has 1 aromatic rings. The first-order chi connectivity index (χ1) is 13.0. The zero-order valence-corrected chi connectivity index (χ0v) is 17.5. The van der Waals surface area contributed by atoms with Gasteiger partial charge in [0.15, 0.2) is 0 Å². The van der Waals surface area contributed by atoms with Crippen molar-refractivity contribution in [3.63, 3.8) is 0 Å². The normalized spacial score (nSPS) is 21.6. The molecule has 2 aliphatic rings. The Morgan fingerprint density at radius 1 is 1.15 bits per heavy atom. The minimum absolute atomic E-state index is 0.0330. The number of rotatable bonds is 4. The number of halogens is 1. The average Bonchev–Trinajstić information content (AvgIpc) is 2.67. The third-order valence-corrected chi connectivity index (χ3v) is 5.93. The van der Waals surface area contributed by atoms with E-state index in [0.29, 0.717) is 25.7 Å². The molecule has 2 heterocycles. The molecule has 2 fully saturated rings. The Morgan fingerprint density at radius 2 is 1.93 bits per heavy atom. The first kappa shape index (κ1) is 20.1. The van der Waals surface area contributed by atoms with Crippen LogP contribution in [0.1, 0.15) is 31.7 Å². The van der Waals surface area contributed by atoms with Gasteiger partial charge in [0, 0.05) is 49.3 Å². The van der Waals surface area contributed by atoms with Crippen LogP contribution < -0.4 is 0 Å². The highest BCUT2D eigenvalue weighted by Gasteiger charge is 2.26. The Bertz CT molecular complexity index is 698. The lowest BCUT2D eigenvalue weighted by atomic mass is 10.0. The topological polar surface area (TPSA) is 43.9 Å². The number of benzene rings is 1. The summed E-state index contributed by atoms with van der Waals surface area (Å²) in [6.45, 7) is 6.36. The van der Waals surface area contributed by atoms with Crippen molar-refractivity contribution in [3.05, 3.63) is 40.4 Å². The number of piperidine rings is 1. The van der Waals surface area contributed by atoms with Crippen LogP contribution in [-0.2, 0) is 9.59 Å². The van der Waals surface area contributed by atoms with Gasteiger partial charge in [0.1, 0.15) is 0 Å². The number of hydrogen-bond donors (Lipinski definition) is 0. The van der Waals surface area contributed by atoms with Gasteiger partial charge in [0.2, 0.25) is 11.8 Å². The Balaban J connectivity index is 1.45. The summed E-state index contributed by atoms with van der Waals surface area (Å²) in [5, 5.41) is 0. The largest absolute Gasteiger partial charge is 0.339 e. The second-order valence-electron chi connectivity index (χ2n) is 7.42. The molecule has 2 amide bonds. The summed E-state index contributed by atoms with van der Waals surface area (Å²) in [5.41, 5.74) is 0.998. The molecule has 146 valence electrons. The van der Waals surface area contributed by atoms with E-state index >= 15 is 0 Å². The summed E-state index contributed by atoms with van der Waals surface area (Å²) in [6.07, 6.45) is 6.93. The Kier molecular flexibility index (Phi) is 7.07. The molecule has 6 heteroatoms. The summed E-state index contributed by atoms with van der Waals surface area (Å²) in [7, 11) is 0. The molecule has 0 spiro atoms. The van der Waals surface area contributed by atoms with Crippen molar-refractivity contribution in [2.24, 2.45) is 0 Å². The van der Waals surface area contributed by atoms with Crippen molar-refractivity contribution in [1.29, 1.82) is 0 Å². The molecule has 1 atom stereocenters. The van der Waals surface area contributed by atoms with Gasteiger partial charge in [-0.25, -0.2) is 0 Å². The Labute approximate surface area is 170 Å². The fraction of sp³-hybridized carbons (Fsp3) is 0.524. The molecule has 0 unspecified atom stereocenters. The second kappa shape index (κ2) is 9.51. The quantitative estimate of drug-likeness (QED) is 0.685. The SMILES string of the molecule is C[C@H]1CCCCN1C(=O)CN1CCN(C(=O)/C=C\c2cccc(Br)c2)CC1. The lowest BCUT2D eigenvalue weighted by Crippen LogP contribution is -2.52. The highest BCUT2D eigenvalue weighted by Crippen LogP contribution is 2.17. The number of carbonyl (C=O) groups is 2. The molecule has 1 aromatic carbocycles. The van der Waals surface area contributed by atoms with Gasteiger partial charge in [-0.05, 0) is 50.0 Å². The number of carbonyl (C=O) groups excluding carboxylic acids is 2. The molecule has 0 aliphatic carbocycles. The van der Waals surface area contributed by atoms with Crippen molar-refractivity contribution in [2.75, 3.05) is 39.3 Å². The number of nitrogens with zero attached hydrogens (tertiary/aromatic N) is 3. The zero-order chi connectivity index (χ0) is 19.2. The summed E-state index contributed by atoms with van der Waals surface area (Å²) < 4.78 is 0.999. The lowest BCUT2D eigenvalue weighted by molar-refractivity contribution is -0.136. The standard InChI is InChI=1S/C21H28BrN3O2/c1-17-5-2-3-10-25(17)21(27)16-23-11-13-24(14-12-23)20(26)9-8-18-6-4-7-19(22)15-18/h4,6-9,15,17H,2-3,5,10-14,16H2,1H3/b9-8-/t17-/m0/s1. The smallest absolute Gasteiger partial charge is 0.246 e. The van der Waals surface area contributed by atoms with Gasteiger partial charge in [0.05, 0.1) is 6.54 Å². The predicted octanol–water partition coefficient (Wildman–Crippen LogP) is 3.01. The van der Waals surface area contributed by atoms with Gasteiger partial charge in [-0.2, -0.15) is 0 Å². The van der Waals surface area contributed by atoms with Gasteiger partial charge < -0.3 is 9.80 Å². The first-order valence-electron chi connectivity index (χ1n) is 9.77. The third kappa shape index (κ3) is 5.66. The highest BCUT2D eigenvalue weighted by molar-refractivity contribution is 9.10. The average molecular weight is 434 g/mol. The fourth-order valence-corrected chi connectivity index (χ4v) is 4.18. The van der Waals surface area contributed by atoms with Crippen molar-refractivity contribution in [3.8, 4) is 0 Å². The molecular formula is C21H28BrN3O2. The molecule has 0 bridgehead atoms. The lowest BCUT2D eigenvalue weighted by Gasteiger charge is -2.37. The van der Waals surface area contributed by atoms with E-state index in [4.69, 9.17) is 0 Å². The minimum Gasteiger partial charge on any atom is -0.339 e. The second-order valence-corrected chi connectivity index (χ2v) is 8.34. The predicted molar refractivity (Wildman–Crippen MR) is 111 cm³/mol. The van der Waals surface area contributed by atoms with Crippen LogP contribution in [0.5, 0.6) is 0 Å². The molecule has 0 saturated carbocycles. The Hall–Kier alpha value is -1.66. The number of hydrogen-bond acceptors (Lipinski definition) is 3. The van der Waals surface area contributed by atoms with E-state index in [-0.39, 0.29) is 11.8 Å². The van der Waals surface area contributed by atoms with E-state index in [0.717, 1.165) is 42.5 Å². The summed E-state index contributed by atoms with van der Waals surface area (Å²) in [4.78, 5) is 31.0. The van der Waals surface area contributed by atoms with E-state index in [1.165, 1.54) is 6.42 Å². The van der Waals surface area contributed by atoms with E-state index < -0.39 is 0 Å². The van der Waals surface area contributed by atoms with Gasteiger partial charge in [-0.3, -0.25) is 14.5 Å². The maximum atomic E-state index is 12.6. The van der Waals surface area contributed by atoms with Crippen molar-refractivity contribution in [1.82, 2.24) is 14.7 Å². The number of amides is 2. The third-order valence-electron chi connectivity index (χ3n) is 5.43. The van der Waals surface area contributed by atoms with Crippen molar-refractivity contribution < 1.29 is 9.59 Å². The molecular weight excluding hydrogens is 406 g/mol. The van der Waals surface area contributed by atoms with Crippen LogP contribution in [-0.4, -0.2) is 71.8 Å². The van der Waals surface area contributed by atoms with Crippen LogP contribution in [0.25, 0.3) is 6.08 Å². The van der Waals surface area contributed by atoms with Crippen LogP contribution in [0, 0.1) is 0 Å². The minimum atomic E-state index is 0.0330. The van der Waals surface area contributed by atoms with Crippen LogP contribution in [0.15, 0.2) is 34.8 Å². The maximum absolute atomic E-state index is 12.6. The van der Waals surface area contributed by atoms with Gasteiger partial charge in [-0.1, -0.05) is 28.1 Å². The Morgan fingerprint density at radius 3 is 2.63 bits per heavy atom. The van der Waals surface area contributed by atoms with E-state index in [1.54, 1.807) is 6.08 Å². The molecule has 2 aliphatic heterocycles. The van der Waals surface area contributed by atoms with Crippen LogP contribution in [0.2, 0.25) is 0 Å². The fourth-order valence-electron chi connectivity index (χ4n) is 3.76. The zero-order valence-electron chi connectivity index (χ0n) is 15.9. The van der Waals surface area contributed by atoms with Crippen LogP contribution in [0.3, 0.4) is 0 Å². The highest BCUT2D eigenvalue weighted by atomic mass is 79.9.